The normalized spacial score (nSPS) is 22.5. The van der Waals surface area contributed by atoms with Crippen LogP contribution in [-0.2, 0) is 10.7 Å². The predicted octanol–water partition coefficient (Wildman–Crippen LogP) is 2.87. The average Bonchev–Trinajstić information content (AvgIpc) is 3.06. The smallest absolute Gasteiger partial charge is 0.315 e. The van der Waals surface area contributed by atoms with Gasteiger partial charge in [0.25, 0.3) is 5.92 Å². The highest BCUT2D eigenvalue weighted by atomic mass is 32.2. The van der Waals surface area contributed by atoms with E-state index < -0.39 is 12.1 Å². The van der Waals surface area contributed by atoms with Gasteiger partial charge in [-0.3, -0.25) is 15.0 Å². The lowest BCUT2D eigenvalue weighted by Crippen LogP contribution is -2.60. The fourth-order valence-electron chi connectivity index (χ4n) is 6.46. The van der Waals surface area contributed by atoms with Crippen LogP contribution in [0.15, 0.2) is 18.2 Å². The van der Waals surface area contributed by atoms with Crippen LogP contribution in [0.4, 0.5) is 28.4 Å². The summed E-state index contributed by atoms with van der Waals surface area (Å²) in [7, 11) is 1.88. The number of benzene rings is 1. The number of nitrogens with one attached hydrogen (secondary N) is 5. The van der Waals surface area contributed by atoms with E-state index in [1.165, 1.54) is 12.1 Å². The molecule has 16 N–H and O–H groups in total. The first-order valence-electron chi connectivity index (χ1n) is 18.2. The van der Waals surface area contributed by atoms with Crippen LogP contribution in [0.5, 0.6) is 5.75 Å². The number of ether oxygens (including phenoxy) is 1. The Morgan fingerprint density at radius 3 is 2.13 bits per heavy atom. The highest BCUT2D eigenvalue weighted by Gasteiger charge is 2.41. The van der Waals surface area contributed by atoms with Crippen LogP contribution in [-0.4, -0.2) is 103 Å². The van der Waals surface area contributed by atoms with E-state index in [9.17, 15) is 22.8 Å². The van der Waals surface area contributed by atoms with Crippen LogP contribution in [0, 0.1) is 5.92 Å². The molecule has 0 heterocycles. The Labute approximate surface area is 322 Å². The summed E-state index contributed by atoms with van der Waals surface area (Å²) in [4.78, 5) is 26.1. The molecule has 3 amide bonds. The summed E-state index contributed by atoms with van der Waals surface area (Å²) < 4.78 is 49.2. The van der Waals surface area contributed by atoms with Gasteiger partial charge in [0.1, 0.15) is 11.9 Å². The lowest BCUT2D eigenvalue weighted by molar-refractivity contribution is -0.122. The quantitative estimate of drug-likeness (QED) is 0.0599. The molecule has 2 aliphatic carbocycles. The molecule has 0 aliphatic heterocycles. The van der Waals surface area contributed by atoms with E-state index in [0.717, 1.165) is 32.7 Å². The molecule has 19 heteroatoms. The summed E-state index contributed by atoms with van der Waals surface area (Å²) in [5, 5.41) is 15.5. The third-order valence-electron chi connectivity index (χ3n) is 9.03. The van der Waals surface area contributed by atoms with Crippen molar-refractivity contribution >= 4 is 29.4 Å². The van der Waals surface area contributed by atoms with Gasteiger partial charge in [-0.1, -0.05) is 6.92 Å². The maximum absolute atomic E-state index is 14.7. The number of hydrogen-bond donors (Lipinski definition) is 9. The van der Waals surface area contributed by atoms with Gasteiger partial charge in [0, 0.05) is 79.5 Å². The molecule has 5 atom stereocenters. The molecule has 3 rings (SSSR count). The number of carbonyl (C=O) groups excluding carboxylic acids is 2. The van der Waals surface area contributed by atoms with Gasteiger partial charge in [0.05, 0.1) is 6.10 Å². The van der Waals surface area contributed by atoms with E-state index in [2.05, 4.69) is 38.1 Å². The monoisotopic (exact) mass is 805 g/mol. The van der Waals surface area contributed by atoms with Crippen molar-refractivity contribution in [2.24, 2.45) is 23.1 Å². The lowest BCUT2D eigenvalue weighted by atomic mass is 9.79. The van der Waals surface area contributed by atoms with Gasteiger partial charge in [0.2, 0.25) is 5.91 Å². The Bertz CT molecular complexity index is 1140. The summed E-state index contributed by atoms with van der Waals surface area (Å²) >= 11 is 1.62. The Morgan fingerprint density at radius 2 is 1.59 bits per heavy atom. The number of nitrogens with two attached hydrogens (primary N) is 3. The molecule has 0 aromatic heterocycles. The Kier molecular flexibility index (Phi) is 30.5. The number of amides is 3. The van der Waals surface area contributed by atoms with E-state index >= 15 is 0 Å². The van der Waals surface area contributed by atoms with Crippen molar-refractivity contribution in [1.82, 2.24) is 21.3 Å². The first-order chi connectivity index (χ1) is 23.8. The summed E-state index contributed by atoms with van der Waals surface area (Å²) in [6.45, 7) is 6.65. The minimum atomic E-state index is -2.99. The molecule has 0 bridgehead atoms. The number of halogens is 4. The largest absolute Gasteiger partial charge is 0.490 e. The average molecular weight is 806 g/mol. The molecule has 54 heavy (non-hydrogen) atoms. The van der Waals surface area contributed by atoms with Crippen molar-refractivity contribution in [1.29, 1.82) is 0 Å². The zero-order valence-electron chi connectivity index (χ0n) is 32.2. The summed E-state index contributed by atoms with van der Waals surface area (Å²) in [6, 6.07) is 3.63. The summed E-state index contributed by atoms with van der Waals surface area (Å²) in [5.74, 6) is -2.26. The van der Waals surface area contributed by atoms with Crippen molar-refractivity contribution < 1.29 is 48.6 Å². The van der Waals surface area contributed by atoms with Crippen molar-refractivity contribution in [3.63, 3.8) is 0 Å². The zero-order valence-corrected chi connectivity index (χ0v) is 33.1. The van der Waals surface area contributed by atoms with Gasteiger partial charge >= 0.3 is 6.03 Å². The van der Waals surface area contributed by atoms with Crippen LogP contribution in [0.25, 0.3) is 0 Å². The maximum Gasteiger partial charge on any atom is 0.315 e. The summed E-state index contributed by atoms with van der Waals surface area (Å²) in [6.07, 6.45) is 5.38. The molecular formula is C35H69F4N8O6S. The van der Waals surface area contributed by atoms with Crippen molar-refractivity contribution in [3.05, 3.63) is 23.8 Å². The van der Waals surface area contributed by atoms with Crippen LogP contribution in [0.3, 0.4) is 0 Å². The minimum absolute atomic E-state index is 0. The van der Waals surface area contributed by atoms with Crippen LogP contribution in [0.1, 0.15) is 90.5 Å². The fourth-order valence-corrected chi connectivity index (χ4v) is 7.69. The van der Waals surface area contributed by atoms with Gasteiger partial charge in [-0.05, 0) is 96.4 Å². The molecule has 1 aromatic carbocycles. The van der Waals surface area contributed by atoms with Crippen LogP contribution >= 0.6 is 11.8 Å². The molecule has 1 radical (unpaired) electrons. The number of alkyl halides is 3. The van der Waals surface area contributed by atoms with E-state index in [-0.39, 0.29) is 80.7 Å². The van der Waals surface area contributed by atoms with E-state index in [1.807, 2.05) is 14.0 Å². The van der Waals surface area contributed by atoms with Crippen molar-refractivity contribution in [2.75, 3.05) is 44.4 Å². The number of hydrogen-bond acceptors (Lipinski definition) is 9. The second kappa shape index (κ2) is 29.6. The Morgan fingerprint density at radius 1 is 0.981 bits per heavy atom. The number of thioether (sulfide) groups is 1. The molecule has 0 spiro atoms. The predicted molar refractivity (Wildman–Crippen MR) is 210 cm³/mol. The molecule has 0 saturated heterocycles. The van der Waals surface area contributed by atoms with Crippen molar-refractivity contribution in [2.45, 2.75) is 127 Å². The molecule has 319 valence electrons. The maximum atomic E-state index is 14.7. The molecule has 2 saturated carbocycles. The first kappa shape index (κ1) is 55.7. The third-order valence-corrected chi connectivity index (χ3v) is 10.5. The molecule has 5 unspecified atom stereocenters. The number of urea groups is 1. The molecule has 1 aromatic rings. The van der Waals surface area contributed by atoms with Gasteiger partial charge in [-0.2, -0.15) is 11.8 Å². The van der Waals surface area contributed by atoms with Crippen LogP contribution < -0.4 is 48.5 Å². The van der Waals surface area contributed by atoms with Gasteiger partial charge < -0.3 is 59.5 Å². The third kappa shape index (κ3) is 20.3. The van der Waals surface area contributed by atoms with Gasteiger partial charge in [-0.25, -0.2) is 18.0 Å². The highest BCUT2D eigenvalue weighted by Crippen LogP contribution is 2.36. The second-order valence-electron chi connectivity index (χ2n) is 13.4. The number of rotatable bonds is 18. The van der Waals surface area contributed by atoms with E-state index in [1.54, 1.807) is 24.8 Å². The lowest BCUT2D eigenvalue weighted by Gasteiger charge is -2.43. The topological polar surface area (TPSA) is 275 Å². The molecule has 2 aliphatic rings. The fraction of sp³-hybridized carbons (Fsp3) is 0.771. The van der Waals surface area contributed by atoms with Gasteiger partial charge in [-0.15, -0.1) is 0 Å². The van der Waals surface area contributed by atoms with Crippen LogP contribution in [0.2, 0.25) is 0 Å². The number of anilines is 1. The molecular weight excluding hydrogens is 736 g/mol. The van der Waals surface area contributed by atoms with Gasteiger partial charge in [0.15, 0.2) is 0 Å². The zero-order chi connectivity index (χ0) is 37.1. The van der Waals surface area contributed by atoms with E-state index in [0.29, 0.717) is 75.2 Å². The standard InChI is InChI=1S/C34H57F3N6O3S.CH6N2.FH.2H2O.HO/c1-5-14-40-26-19-24(34(3,36)37)20-28(21-26)46-27-11-9-25(10-12-27)41-33(45)43-30-18-23(22(2)35)17-29(32(30)47-16-13-38)42-31(44)8-6-7-15-39-4;2-1-3;;;;/h19-23,25,27,29-30,32,39-40H,5-18,38H2,1-4H3,(H,42,44)(H2,41,43,45);1-3H2;1H;2*1H2;1H. The summed E-state index contributed by atoms with van der Waals surface area (Å²) in [5.41, 5.74) is 15.6. The minimum Gasteiger partial charge on any atom is -0.490 e. The SMILES string of the molecule is CCCNc1cc(OC2CCC(NC(=O)NC3CC(C(C)F)CC(NC(=O)CCCCNC)C3SCCN)CC2)cc(C(C)(F)F)c1.F.NCN.O.O.[OH]. The first-order valence-corrected chi connectivity index (χ1v) is 19.2. The van der Waals surface area contributed by atoms with Crippen molar-refractivity contribution in [3.8, 4) is 5.75 Å². The number of unbranched alkanes of at least 4 members (excludes halogenated alkanes) is 1. The number of carbonyl (C=O) groups is 2. The Balaban J connectivity index is -0.00000359. The molecule has 2 fully saturated rings. The highest BCUT2D eigenvalue weighted by molar-refractivity contribution is 8.00. The second-order valence-corrected chi connectivity index (χ2v) is 14.7. The Hall–Kier alpha value is -2.65. The molecule has 14 nitrogen and oxygen atoms in total. The van der Waals surface area contributed by atoms with E-state index in [4.69, 9.17) is 10.5 Å².